The SMILES string of the molecule is CC(C)(C)c1ccc(-c2nnc(Sc3ccc(C=C4C(=O)N(c5ccccc5)C(=S)N(c5ccccc5)C4=O)cc3[N+](=O)[O-])n2-c2ccccc2)cc1. The third kappa shape index (κ3) is 7.02. The molecular formula is C41H32N6O4S2. The van der Waals surface area contributed by atoms with Crippen molar-refractivity contribution in [2.45, 2.75) is 36.2 Å². The highest BCUT2D eigenvalue weighted by atomic mass is 32.2. The van der Waals surface area contributed by atoms with Gasteiger partial charge in [0.25, 0.3) is 17.5 Å². The number of hydrogen-bond donors (Lipinski definition) is 0. The zero-order chi connectivity index (χ0) is 37.3. The lowest BCUT2D eigenvalue weighted by molar-refractivity contribution is -0.387. The molecule has 12 heteroatoms. The van der Waals surface area contributed by atoms with E-state index in [4.69, 9.17) is 12.2 Å². The number of carbonyl (C=O) groups is 2. The fraction of sp³-hybridized carbons (Fsp3) is 0.0976. The van der Waals surface area contributed by atoms with E-state index in [0.29, 0.717) is 27.3 Å². The molecule has 6 aromatic rings. The molecule has 0 spiro atoms. The van der Waals surface area contributed by atoms with Gasteiger partial charge in [-0.05, 0) is 89.1 Å². The first-order valence-corrected chi connectivity index (χ1v) is 17.9. The normalized spacial score (nSPS) is 13.4. The molecule has 1 aliphatic rings. The van der Waals surface area contributed by atoms with Crippen molar-refractivity contribution in [3.8, 4) is 17.1 Å². The maximum atomic E-state index is 14.0. The third-order valence-corrected chi connectivity index (χ3v) is 10.0. The van der Waals surface area contributed by atoms with Crippen molar-refractivity contribution in [2.24, 2.45) is 0 Å². The molecule has 0 unspecified atom stereocenters. The number of anilines is 2. The zero-order valence-electron chi connectivity index (χ0n) is 28.9. The van der Waals surface area contributed by atoms with Gasteiger partial charge in [0.15, 0.2) is 10.9 Å². The van der Waals surface area contributed by atoms with Crippen LogP contribution in [-0.4, -0.2) is 36.6 Å². The number of nitro groups is 1. The Kier molecular flexibility index (Phi) is 9.56. The van der Waals surface area contributed by atoms with Gasteiger partial charge in [-0.2, -0.15) is 0 Å². The topological polar surface area (TPSA) is 114 Å². The number of nitrogens with zero attached hydrogens (tertiary/aromatic N) is 6. The molecule has 0 radical (unpaired) electrons. The van der Waals surface area contributed by atoms with E-state index in [0.717, 1.165) is 23.0 Å². The predicted molar refractivity (Wildman–Crippen MR) is 211 cm³/mol. The number of para-hydroxylation sites is 3. The molecule has 1 aromatic heterocycles. The highest BCUT2D eigenvalue weighted by Crippen LogP contribution is 2.39. The van der Waals surface area contributed by atoms with Gasteiger partial charge in [-0.1, -0.05) is 106 Å². The van der Waals surface area contributed by atoms with Crippen LogP contribution in [0.5, 0.6) is 0 Å². The standard InChI is InChI=1S/C41H32N6O4S2/c1-41(2,3)29-22-20-28(21-23-29)36-42-43-39(44(36)30-13-7-4-8-14-30)53-35-24-19-27(26-34(35)47(50)51)25-33-37(48)45(31-15-9-5-10-16-31)40(52)46(38(33)49)32-17-11-6-12-18-32/h4-26H,1-3H3. The van der Waals surface area contributed by atoms with Crippen molar-refractivity contribution >= 4 is 64.0 Å². The second kappa shape index (κ2) is 14.4. The molecule has 0 atom stereocenters. The van der Waals surface area contributed by atoms with Crippen molar-refractivity contribution in [1.82, 2.24) is 14.8 Å². The fourth-order valence-corrected chi connectivity index (χ4v) is 7.22. The first kappa shape index (κ1) is 35.2. The molecule has 0 N–H and O–H groups in total. The van der Waals surface area contributed by atoms with E-state index >= 15 is 0 Å². The Bertz CT molecular complexity index is 2330. The van der Waals surface area contributed by atoms with Gasteiger partial charge in [0.2, 0.25) is 5.16 Å². The van der Waals surface area contributed by atoms with Gasteiger partial charge < -0.3 is 0 Å². The van der Waals surface area contributed by atoms with Gasteiger partial charge in [0, 0.05) is 17.3 Å². The zero-order valence-corrected chi connectivity index (χ0v) is 30.5. The van der Waals surface area contributed by atoms with Gasteiger partial charge >= 0.3 is 0 Å². The summed E-state index contributed by atoms with van der Waals surface area (Å²) >= 11 is 6.79. The lowest BCUT2D eigenvalue weighted by Gasteiger charge is -2.36. The summed E-state index contributed by atoms with van der Waals surface area (Å²) in [4.78, 5) is 42.9. The minimum atomic E-state index is -0.640. The maximum absolute atomic E-state index is 14.0. The molecule has 7 rings (SSSR count). The quantitative estimate of drug-likeness (QED) is 0.0500. The predicted octanol–water partition coefficient (Wildman–Crippen LogP) is 9.04. The number of aromatic nitrogens is 3. The van der Waals surface area contributed by atoms with Crippen molar-refractivity contribution in [1.29, 1.82) is 0 Å². The smallest absolute Gasteiger partial charge is 0.270 e. The average molecular weight is 737 g/mol. The Hall–Kier alpha value is -6.24. The summed E-state index contributed by atoms with van der Waals surface area (Å²) in [7, 11) is 0. The van der Waals surface area contributed by atoms with E-state index in [1.807, 2.05) is 59.2 Å². The van der Waals surface area contributed by atoms with Gasteiger partial charge in [-0.15, -0.1) is 10.2 Å². The van der Waals surface area contributed by atoms with E-state index in [1.54, 1.807) is 60.7 Å². The number of thiocarbonyl (C=S) groups is 1. The van der Waals surface area contributed by atoms with Crippen LogP contribution in [-0.2, 0) is 15.0 Å². The maximum Gasteiger partial charge on any atom is 0.283 e. The monoisotopic (exact) mass is 736 g/mol. The lowest BCUT2D eigenvalue weighted by atomic mass is 9.87. The van der Waals surface area contributed by atoms with Crippen LogP contribution in [0.15, 0.2) is 149 Å². The molecule has 53 heavy (non-hydrogen) atoms. The fourth-order valence-electron chi connectivity index (χ4n) is 5.91. The summed E-state index contributed by atoms with van der Waals surface area (Å²) in [5.41, 5.74) is 3.59. The van der Waals surface area contributed by atoms with Crippen LogP contribution in [0.1, 0.15) is 31.9 Å². The Morgan fingerprint density at radius 1 is 0.717 bits per heavy atom. The van der Waals surface area contributed by atoms with Gasteiger partial charge in [-0.25, -0.2) is 0 Å². The van der Waals surface area contributed by atoms with Crippen LogP contribution in [0, 0.1) is 10.1 Å². The first-order valence-electron chi connectivity index (χ1n) is 16.6. The Labute approximate surface area is 315 Å². The molecule has 2 amide bonds. The van der Waals surface area contributed by atoms with E-state index in [9.17, 15) is 19.7 Å². The van der Waals surface area contributed by atoms with Crippen molar-refractivity contribution in [3.05, 3.63) is 160 Å². The van der Waals surface area contributed by atoms with E-state index < -0.39 is 16.7 Å². The minimum Gasteiger partial charge on any atom is -0.270 e. The first-order chi connectivity index (χ1) is 25.5. The molecule has 0 bridgehead atoms. The van der Waals surface area contributed by atoms with Crippen LogP contribution in [0.25, 0.3) is 23.2 Å². The van der Waals surface area contributed by atoms with Crippen LogP contribution in [0.4, 0.5) is 17.1 Å². The van der Waals surface area contributed by atoms with Gasteiger partial charge in [0.05, 0.1) is 21.2 Å². The Balaban J connectivity index is 1.28. The second-order valence-corrected chi connectivity index (χ2v) is 14.6. The highest BCUT2D eigenvalue weighted by molar-refractivity contribution is 7.99. The summed E-state index contributed by atoms with van der Waals surface area (Å²) in [6.45, 7) is 6.45. The lowest BCUT2D eigenvalue weighted by Crippen LogP contribution is -2.56. The minimum absolute atomic E-state index is 0.000629. The largest absolute Gasteiger partial charge is 0.283 e. The van der Waals surface area contributed by atoms with E-state index in [2.05, 4.69) is 43.1 Å². The van der Waals surface area contributed by atoms with Crippen LogP contribution in [0.3, 0.4) is 0 Å². The average Bonchev–Trinajstić information content (AvgIpc) is 3.58. The molecule has 0 aliphatic carbocycles. The Morgan fingerprint density at radius 2 is 1.25 bits per heavy atom. The second-order valence-electron chi connectivity index (χ2n) is 13.2. The van der Waals surface area contributed by atoms with Crippen molar-refractivity contribution in [3.63, 3.8) is 0 Å². The molecule has 5 aromatic carbocycles. The number of benzene rings is 5. The van der Waals surface area contributed by atoms with Gasteiger partial charge in [0.1, 0.15) is 5.57 Å². The van der Waals surface area contributed by atoms with Crippen LogP contribution in [0.2, 0.25) is 0 Å². The molecular weight excluding hydrogens is 705 g/mol. The van der Waals surface area contributed by atoms with Gasteiger partial charge in [-0.3, -0.25) is 34.1 Å². The summed E-state index contributed by atoms with van der Waals surface area (Å²) in [5.74, 6) is -0.696. The molecule has 2 heterocycles. The van der Waals surface area contributed by atoms with Crippen molar-refractivity contribution < 1.29 is 14.5 Å². The van der Waals surface area contributed by atoms with Crippen LogP contribution >= 0.6 is 24.0 Å². The molecule has 0 saturated carbocycles. The molecule has 1 saturated heterocycles. The number of nitro benzene ring substituents is 1. The molecule has 1 fully saturated rings. The van der Waals surface area contributed by atoms with E-state index in [-0.39, 0.29) is 27.4 Å². The summed E-state index contributed by atoms with van der Waals surface area (Å²) in [6.07, 6.45) is 1.37. The molecule has 262 valence electrons. The van der Waals surface area contributed by atoms with Crippen molar-refractivity contribution in [2.75, 3.05) is 9.80 Å². The molecule has 1 aliphatic heterocycles. The third-order valence-electron chi connectivity index (χ3n) is 8.63. The number of amides is 2. The highest BCUT2D eigenvalue weighted by Gasteiger charge is 2.41. The number of hydrogen-bond acceptors (Lipinski definition) is 8. The summed E-state index contributed by atoms with van der Waals surface area (Å²) < 4.78 is 1.87. The van der Waals surface area contributed by atoms with Crippen LogP contribution < -0.4 is 9.80 Å². The summed E-state index contributed by atoms with van der Waals surface area (Å²) in [5, 5.41) is 22.0. The molecule has 10 nitrogen and oxygen atoms in total. The number of rotatable bonds is 8. The number of carbonyl (C=O) groups excluding carboxylic acids is 2. The van der Waals surface area contributed by atoms with E-state index in [1.165, 1.54) is 27.5 Å². The summed E-state index contributed by atoms with van der Waals surface area (Å²) in [6, 6.07) is 39.8. The Morgan fingerprint density at radius 3 is 1.75 bits per heavy atom.